The van der Waals surface area contributed by atoms with E-state index in [4.69, 9.17) is 25.1 Å². The molecule has 0 bridgehead atoms. The Bertz CT molecular complexity index is 3040. The van der Waals surface area contributed by atoms with Crippen LogP contribution < -0.4 is 5.73 Å². The fourth-order valence-corrected chi connectivity index (χ4v) is 7.43. The van der Waals surface area contributed by atoms with Gasteiger partial charge in [0.15, 0.2) is 11.4 Å². The van der Waals surface area contributed by atoms with Gasteiger partial charge in [0.05, 0.1) is 11.4 Å². The van der Waals surface area contributed by atoms with Crippen molar-refractivity contribution in [2.45, 2.75) is 0 Å². The predicted octanol–water partition coefficient (Wildman–Crippen LogP) is 13.0. The summed E-state index contributed by atoms with van der Waals surface area (Å²) < 4.78 is 6.32. The van der Waals surface area contributed by atoms with Crippen LogP contribution in [-0.2, 0) is 0 Å². The molecule has 0 unspecified atom stereocenters. The molecule has 0 spiro atoms. The van der Waals surface area contributed by atoms with E-state index in [1.165, 1.54) is 0 Å². The molecule has 0 fully saturated rings. The van der Waals surface area contributed by atoms with Crippen molar-refractivity contribution >= 4 is 27.6 Å². The molecular formula is C51H34N4O. The van der Waals surface area contributed by atoms with Gasteiger partial charge in [0.25, 0.3) is 0 Å². The highest BCUT2D eigenvalue weighted by atomic mass is 16.3. The summed E-state index contributed by atoms with van der Waals surface area (Å²) in [4.78, 5) is 15.1. The second-order valence-electron chi connectivity index (χ2n) is 13.9. The van der Waals surface area contributed by atoms with Crippen LogP contribution in [0, 0.1) is 0 Å². The molecule has 264 valence electrons. The maximum absolute atomic E-state index is 6.32. The minimum atomic E-state index is 0.612. The Hall–Kier alpha value is -7.63. The van der Waals surface area contributed by atoms with Gasteiger partial charge in [-0.15, -0.1) is 0 Å². The number of benzene rings is 8. The zero-order valence-corrected chi connectivity index (χ0v) is 30.3. The van der Waals surface area contributed by atoms with E-state index in [0.29, 0.717) is 11.7 Å². The zero-order valence-electron chi connectivity index (χ0n) is 30.3. The molecule has 0 amide bonds. The molecule has 0 saturated heterocycles. The van der Waals surface area contributed by atoms with Gasteiger partial charge >= 0.3 is 0 Å². The molecule has 10 rings (SSSR count). The van der Waals surface area contributed by atoms with Crippen LogP contribution in [0.4, 0.5) is 5.69 Å². The lowest BCUT2D eigenvalue weighted by Crippen LogP contribution is -1.97. The van der Waals surface area contributed by atoms with Crippen molar-refractivity contribution < 1.29 is 4.42 Å². The molecule has 0 aliphatic rings. The lowest BCUT2D eigenvalue weighted by Gasteiger charge is -2.14. The Labute approximate surface area is 324 Å². The predicted molar refractivity (Wildman–Crippen MR) is 230 cm³/mol. The number of aromatic nitrogens is 3. The van der Waals surface area contributed by atoms with E-state index < -0.39 is 0 Å². The number of nitrogens with zero attached hydrogens (tertiary/aromatic N) is 3. The Morgan fingerprint density at radius 3 is 1.80 bits per heavy atom. The van der Waals surface area contributed by atoms with E-state index in [0.717, 1.165) is 94.6 Å². The van der Waals surface area contributed by atoms with Crippen LogP contribution in [0.25, 0.3) is 101 Å². The summed E-state index contributed by atoms with van der Waals surface area (Å²) >= 11 is 0. The van der Waals surface area contributed by atoms with Crippen molar-refractivity contribution in [3.63, 3.8) is 0 Å². The second kappa shape index (κ2) is 14.0. The van der Waals surface area contributed by atoms with E-state index in [1.54, 1.807) is 0 Å². The van der Waals surface area contributed by atoms with Crippen LogP contribution in [0.15, 0.2) is 199 Å². The molecule has 2 aromatic heterocycles. The van der Waals surface area contributed by atoms with E-state index in [-0.39, 0.29) is 0 Å². The number of nitrogen functional groups attached to an aromatic ring is 1. The van der Waals surface area contributed by atoms with Crippen molar-refractivity contribution in [2.75, 3.05) is 5.73 Å². The fraction of sp³-hybridized carbons (Fsp3) is 0. The van der Waals surface area contributed by atoms with Gasteiger partial charge in [-0.3, -0.25) is 0 Å². The number of hydrogen-bond acceptors (Lipinski definition) is 5. The number of hydrogen-bond donors (Lipinski definition) is 1. The highest BCUT2D eigenvalue weighted by Gasteiger charge is 2.16. The molecule has 0 aliphatic heterocycles. The van der Waals surface area contributed by atoms with Gasteiger partial charge in [-0.05, 0) is 87.3 Å². The van der Waals surface area contributed by atoms with Gasteiger partial charge < -0.3 is 10.2 Å². The monoisotopic (exact) mass is 718 g/mol. The maximum Gasteiger partial charge on any atom is 0.227 e. The molecular weight excluding hydrogens is 685 g/mol. The first-order valence-corrected chi connectivity index (χ1v) is 18.6. The average molecular weight is 719 g/mol. The smallest absolute Gasteiger partial charge is 0.227 e. The molecule has 2 heterocycles. The van der Waals surface area contributed by atoms with Gasteiger partial charge in [0.1, 0.15) is 5.52 Å². The SMILES string of the molecule is Nc1cccc(-c2cccc(-c3cc(-c4ccccc4-c4cccc(-c5ccc(-c6nc7ccc8ccccc8c7o6)cc5)c4)nc(-c4ccccc4)n3)c2)c1. The standard InChI is InChI=1S/C51H34N4O/c52-42-19-10-16-39(31-42)38-15-9-18-41(30-38)47-32-48(54-50(53-47)35-12-2-1-3-13-35)45-22-7-6-20-43(45)40-17-8-14-37(29-40)33-23-25-36(26-24-33)51-55-46-28-27-34-11-4-5-21-44(34)49(46)56-51/h1-32H,52H2. The average Bonchev–Trinajstić information content (AvgIpc) is 3.72. The third-order valence-corrected chi connectivity index (χ3v) is 10.3. The first-order valence-electron chi connectivity index (χ1n) is 18.6. The number of anilines is 1. The van der Waals surface area contributed by atoms with Gasteiger partial charge in [0, 0.05) is 33.3 Å². The van der Waals surface area contributed by atoms with E-state index in [2.05, 4.69) is 140 Å². The lowest BCUT2D eigenvalue weighted by molar-refractivity contribution is 0.623. The molecule has 10 aromatic rings. The summed E-state index contributed by atoms with van der Waals surface area (Å²) in [6, 6.07) is 66.6. The molecule has 0 atom stereocenters. The molecule has 0 saturated carbocycles. The van der Waals surface area contributed by atoms with Gasteiger partial charge in [-0.25, -0.2) is 15.0 Å². The lowest BCUT2D eigenvalue weighted by atomic mass is 9.93. The molecule has 56 heavy (non-hydrogen) atoms. The molecule has 0 aliphatic carbocycles. The van der Waals surface area contributed by atoms with E-state index in [1.807, 2.05) is 54.6 Å². The van der Waals surface area contributed by atoms with Crippen molar-refractivity contribution in [1.29, 1.82) is 0 Å². The third kappa shape index (κ3) is 6.27. The number of fused-ring (bicyclic) bond motifs is 3. The summed E-state index contributed by atoms with van der Waals surface area (Å²) in [5.74, 6) is 1.28. The summed E-state index contributed by atoms with van der Waals surface area (Å²) in [5, 5.41) is 2.20. The topological polar surface area (TPSA) is 77.8 Å². The normalized spacial score (nSPS) is 11.3. The zero-order chi connectivity index (χ0) is 37.4. The van der Waals surface area contributed by atoms with E-state index >= 15 is 0 Å². The molecule has 0 radical (unpaired) electrons. The summed E-state index contributed by atoms with van der Waals surface area (Å²) in [5.41, 5.74) is 20.7. The van der Waals surface area contributed by atoms with Gasteiger partial charge in [0.2, 0.25) is 5.89 Å². The van der Waals surface area contributed by atoms with Crippen molar-refractivity contribution in [3.8, 4) is 78.7 Å². The van der Waals surface area contributed by atoms with Crippen molar-refractivity contribution in [2.24, 2.45) is 0 Å². The van der Waals surface area contributed by atoms with Gasteiger partial charge in [-0.1, -0.05) is 146 Å². The van der Waals surface area contributed by atoms with Crippen molar-refractivity contribution in [3.05, 3.63) is 194 Å². The summed E-state index contributed by atoms with van der Waals surface area (Å²) in [6.07, 6.45) is 0. The minimum Gasteiger partial charge on any atom is -0.435 e. The number of rotatable bonds is 7. The Morgan fingerprint density at radius 1 is 0.375 bits per heavy atom. The maximum atomic E-state index is 6.32. The fourth-order valence-electron chi connectivity index (χ4n) is 7.43. The number of nitrogens with two attached hydrogens (primary N) is 1. The highest BCUT2D eigenvalue weighted by Crippen LogP contribution is 2.37. The first-order chi connectivity index (χ1) is 27.6. The summed E-state index contributed by atoms with van der Waals surface area (Å²) in [6.45, 7) is 0. The van der Waals surface area contributed by atoms with Crippen LogP contribution in [0.5, 0.6) is 0 Å². The summed E-state index contributed by atoms with van der Waals surface area (Å²) in [7, 11) is 0. The first kappa shape index (κ1) is 33.0. The van der Waals surface area contributed by atoms with Crippen LogP contribution in [0.1, 0.15) is 0 Å². The largest absolute Gasteiger partial charge is 0.435 e. The second-order valence-corrected chi connectivity index (χ2v) is 13.9. The Morgan fingerprint density at radius 2 is 0.982 bits per heavy atom. The molecule has 5 nitrogen and oxygen atoms in total. The van der Waals surface area contributed by atoms with E-state index in [9.17, 15) is 0 Å². The van der Waals surface area contributed by atoms with Crippen molar-refractivity contribution in [1.82, 2.24) is 15.0 Å². The Balaban J connectivity index is 1.02. The Kier molecular flexibility index (Phi) is 8.23. The third-order valence-electron chi connectivity index (χ3n) is 10.3. The van der Waals surface area contributed by atoms with Crippen LogP contribution in [-0.4, -0.2) is 15.0 Å². The molecule has 5 heteroatoms. The molecule has 8 aromatic carbocycles. The van der Waals surface area contributed by atoms with Crippen LogP contribution in [0.2, 0.25) is 0 Å². The minimum absolute atomic E-state index is 0.612. The van der Waals surface area contributed by atoms with Gasteiger partial charge in [-0.2, -0.15) is 0 Å². The number of oxazole rings is 1. The quantitative estimate of drug-likeness (QED) is 0.166. The van der Waals surface area contributed by atoms with Crippen LogP contribution in [0.3, 0.4) is 0 Å². The molecule has 2 N–H and O–H groups in total. The highest BCUT2D eigenvalue weighted by molar-refractivity contribution is 6.03. The van der Waals surface area contributed by atoms with Crippen LogP contribution >= 0.6 is 0 Å².